The van der Waals surface area contributed by atoms with Crippen LogP contribution in [0.5, 0.6) is 0 Å². The number of pyridine rings is 1. The predicted molar refractivity (Wildman–Crippen MR) is 223 cm³/mol. The van der Waals surface area contributed by atoms with Crippen LogP contribution in [0, 0.1) is 0 Å². The number of rotatable bonds is 6. The number of hydrogen-bond acceptors (Lipinski definition) is 2. The number of fused-ring (bicyclic) bond motifs is 4. The highest BCUT2D eigenvalue weighted by molar-refractivity contribution is 6.17. The summed E-state index contributed by atoms with van der Waals surface area (Å²) in [4.78, 5) is 10.5. The minimum absolute atomic E-state index is 0.801. The highest BCUT2D eigenvalue weighted by Gasteiger charge is 2.24. The molecule has 0 unspecified atom stereocenters. The summed E-state index contributed by atoms with van der Waals surface area (Å²) in [6.07, 6.45) is 0.801. The Bertz CT molecular complexity index is 2780. The Morgan fingerprint density at radius 1 is 0.358 bits per heavy atom. The molecule has 53 heavy (non-hydrogen) atoms. The summed E-state index contributed by atoms with van der Waals surface area (Å²) in [7, 11) is 0. The van der Waals surface area contributed by atoms with Crippen LogP contribution >= 0.6 is 0 Å². The van der Waals surface area contributed by atoms with Crippen molar-refractivity contribution in [2.24, 2.45) is 4.99 Å². The second kappa shape index (κ2) is 13.0. The van der Waals surface area contributed by atoms with Crippen molar-refractivity contribution >= 4 is 32.9 Å². The van der Waals surface area contributed by atoms with E-state index in [-0.39, 0.29) is 0 Å². The molecule has 0 radical (unpaired) electrons. The predicted octanol–water partition coefficient (Wildman–Crippen LogP) is 13.4. The zero-order chi connectivity index (χ0) is 35.1. The van der Waals surface area contributed by atoms with Gasteiger partial charge in [0, 0.05) is 22.9 Å². The van der Waals surface area contributed by atoms with Crippen molar-refractivity contribution in [3.05, 3.63) is 205 Å². The summed E-state index contributed by atoms with van der Waals surface area (Å²) in [5.41, 5.74) is 15.9. The molecule has 0 spiro atoms. The maximum absolute atomic E-state index is 5.26. The molecule has 10 rings (SSSR count). The third-order valence-corrected chi connectivity index (χ3v) is 10.5. The first-order chi connectivity index (χ1) is 26.3. The lowest BCUT2D eigenvalue weighted by Gasteiger charge is -2.20. The summed E-state index contributed by atoms with van der Waals surface area (Å²) in [6, 6.07) is 69.5. The summed E-state index contributed by atoms with van der Waals surface area (Å²) < 4.78 is 0. The number of aliphatic imine (C=N–C) groups is 1. The van der Waals surface area contributed by atoms with Crippen LogP contribution in [0.4, 0.5) is 5.69 Å². The van der Waals surface area contributed by atoms with Crippen LogP contribution in [0.15, 0.2) is 199 Å². The highest BCUT2D eigenvalue weighted by Crippen LogP contribution is 2.48. The summed E-state index contributed by atoms with van der Waals surface area (Å²) in [5, 5.41) is 4.85. The van der Waals surface area contributed by atoms with Gasteiger partial charge < -0.3 is 0 Å². The Hall–Kier alpha value is -6.90. The number of hydrogen-bond donors (Lipinski definition) is 0. The van der Waals surface area contributed by atoms with Gasteiger partial charge in [-0.15, -0.1) is 0 Å². The van der Waals surface area contributed by atoms with Gasteiger partial charge in [0.2, 0.25) is 0 Å². The van der Waals surface area contributed by atoms with Crippen LogP contribution in [0.1, 0.15) is 11.1 Å². The molecule has 9 aromatic rings. The van der Waals surface area contributed by atoms with Crippen LogP contribution in [-0.4, -0.2) is 10.7 Å². The molecule has 8 aromatic carbocycles. The van der Waals surface area contributed by atoms with Crippen molar-refractivity contribution in [1.82, 2.24) is 4.98 Å². The molecule has 2 heteroatoms. The molecule has 0 saturated carbocycles. The van der Waals surface area contributed by atoms with Crippen molar-refractivity contribution in [2.75, 3.05) is 0 Å². The fraction of sp³-hybridized carbons (Fsp3) is 0.0196. The first-order valence-electron chi connectivity index (χ1n) is 18.2. The average Bonchev–Trinajstić information content (AvgIpc) is 3.69. The van der Waals surface area contributed by atoms with Crippen molar-refractivity contribution in [1.29, 1.82) is 0 Å². The van der Waals surface area contributed by atoms with Gasteiger partial charge in [0.25, 0.3) is 0 Å². The fourth-order valence-corrected chi connectivity index (χ4v) is 8.00. The molecule has 0 amide bonds. The largest absolute Gasteiger partial charge is 0.252 e. The third kappa shape index (κ3) is 5.53. The van der Waals surface area contributed by atoms with E-state index in [9.17, 15) is 0 Å². The van der Waals surface area contributed by atoms with E-state index >= 15 is 0 Å². The van der Waals surface area contributed by atoms with Gasteiger partial charge in [0.1, 0.15) is 0 Å². The van der Waals surface area contributed by atoms with E-state index in [1.54, 1.807) is 0 Å². The molecule has 0 atom stereocenters. The Morgan fingerprint density at radius 2 is 0.906 bits per heavy atom. The molecule has 0 fully saturated rings. The second-order valence-electron chi connectivity index (χ2n) is 13.7. The maximum atomic E-state index is 5.26. The minimum atomic E-state index is 0.801. The second-order valence-corrected chi connectivity index (χ2v) is 13.7. The Kier molecular flexibility index (Phi) is 7.58. The van der Waals surface area contributed by atoms with Gasteiger partial charge >= 0.3 is 0 Å². The molecule has 2 nitrogen and oxygen atoms in total. The van der Waals surface area contributed by atoms with Crippen molar-refractivity contribution in [2.45, 2.75) is 6.42 Å². The molecule has 1 aromatic heterocycles. The molecule has 248 valence electrons. The third-order valence-electron chi connectivity index (χ3n) is 10.5. The summed E-state index contributed by atoms with van der Waals surface area (Å²) in [6.45, 7) is 0. The van der Waals surface area contributed by atoms with Gasteiger partial charge in [-0.3, -0.25) is 4.99 Å². The first kappa shape index (κ1) is 30.9. The van der Waals surface area contributed by atoms with E-state index in [1.165, 1.54) is 60.5 Å². The topological polar surface area (TPSA) is 25.2 Å². The highest BCUT2D eigenvalue weighted by atomic mass is 14.8. The van der Waals surface area contributed by atoms with Crippen LogP contribution < -0.4 is 0 Å². The van der Waals surface area contributed by atoms with E-state index < -0.39 is 0 Å². The summed E-state index contributed by atoms with van der Waals surface area (Å²) >= 11 is 0. The van der Waals surface area contributed by atoms with E-state index in [0.29, 0.717) is 0 Å². The van der Waals surface area contributed by atoms with Crippen molar-refractivity contribution in [3.8, 4) is 55.9 Å². The van der Waals surface area contributed by atoms with Gasteiger partial charge in [-0.25, -0.2) is 4.98 Å². The molecular weight excluding hydrogens is 641 g/mol. The van der Waals surface area contributed by atoms with E-state index in [4.69, 9.17) is 9.98 Å². The van der Waals surface area contributed by atoms with Gasteiger partial charge in [-0.1, -0.05) is 176 Å². The SMILES string of the molecule is c1ccc(C2=Nc3c(cc(-c4c(-c5ccccc5-c5cc(-c6ccccc6)nc(-c6ccccc6)c5)ccc5ccccc45)c4ccccc34)C2)cc1. The standard InChI is InChI=1S/C51H34N2/c1-4-17-35(18-5-1)47-31-38(32-48(52-47)36-19-6-2-7-20-36)40-23-12-13-25-42(40)44-29-28-34-16-10-11-24-41(34)50(44)46-30-39-33-49(37-21-8-3-9-22-37)53-51(39)45-27-15-14-26-43(45)46/h1-32H,33H2. The average molecular weight is 675 g/mol. The molecule has 0 saturated heterocycles. The smallest absolute Gasteiger partial charge is 0.0748 e. The zero-order valence-electron chi connectivity index (χ0n) is 29.1. The lowest BCUT2D eigenvalue weighted by Crippen LogP contribution is -1.99. The molecule has 0 N–H and O–H groups in total. The molecule has 2 heterocycles. The Labute approximate surface area is 309 Å². The molecule has 0 bridgehead atoms. The summed E-state index contributed by atoms with van der Waals surface area (Å²) in [5.74, 6) is 0. The molecule has 0 aliphatic carbocycles. The van der Waals surface area contributed by atoms with Crippen LogP contribution in [-0.2, 0) is 6.42 Å². The van der Waals surface area contributed by atoms with Crippen LogP contribution in [0.25, 0.3) is 77.4 Å². The van der Waals surface area contributed by atoms with Crippen molar-refractivity contribution < 1.29 is 0 Å². The molecule has 1 aliphatic rings. The first-order valence-corrected chi connectivity index (χ1v) is 18.2. The number of benzene rings is 8. The zero-order valence-corrected chi connectivity index (χ0v) is 29.1. The maximum Gasteiger partial charge on any atom is 0.0748 e. The Morgan fingerprint density at radius 3 is 1.58 bits per heavy atom. The van der Waals surface area contributed by atoms with Gasteiger partial charge in [-0.05, 0) is 78.9 Å². The molecule has 1 aliphatic heterocycles. The van der Waals surface area contributed by atoms with E-state index in [0.717, 1.165) is 45.9 Å². The molecular formula is C51H34N2. The Balaban J connectivity index is 1.22. The monoisotopic (exact) mass is 674 g/mol. The number of aromatic nitrogens is 1. The number of nitrogens with zero attached hydrogens (tertiary/aromatic N) is 2. The van der Waals surface area contributed by atoms with Gasteiger partial charge in [0.15, 0.2) is 0 Å². The van der Waals surface area contributed by atoms with E-state index in [1.807, 2.05) is 0 Å². The minimum Gasteiger partial charge on any atom is -0.252 e. The van der Waals surface area contributed by atoms with Crippen LogP contribution in [0.2, 0.25) is 0 Å². The van der Waals surface area contributed by atoms with Crippen LogP contribution in [0.3, 0.4) is 0 Å². The normalized spacial score (nSPS) is 12.2. The fourth-order valence-electron chi connectivity index (χ4n) is 8.00. The quantitative estimate of drug-likeness (QED) is 0.172. The van der Waals surface area contributed by atoms with Gasteiger partial charge in [-0.2, -0.15) is 0 Å². The lowest BCUT2D eigenvalue weighted by molar-refractivity contribution is 1.32. The van der Waals surface area contributed by atoms with Crippen molar-refractivity contribution in [3.63, 3.8) is 0 Å². The van der Waals surface area contributed by atoms with Gasteiger partial charge in [0.05, 0.1) is 22.8 Å². The van der Waals surface area contributed by atoms with E-state index in [2.05, 4.69) is 194 Å². The lowest BCUT2D eigenvalue weighted by atomic mass is 9.83.